The third kappa shape index (κ3) is 1.13. The zero-order chi connectivity index (χ0) is 7.72. The van der Waals surface area contributed by atoms with Gasteiger partial charge in [0.1, 0.15) is 13.7 Å². The third-order valence-corrected chi connectivity index (χ3v) is 1.80. The van der Waals surface area contributed by atoms with Crippen molar-refractivity contribution in [3.63, 3.8) is 0 Å². The highest BCUT2D eigenvalue weighted by Gasteiger charge is 1.97. The molecule has 0 saturated carbocycles. The maximum absolute atomic E-state index is 5.52. The molecule has 0 aliphatic carbocycles. The summed E-state index contributed by atoms with van der Waals surface area (Å²) in [7, 11) is 2.05. The topological polar surface area (TPSA) is 38.9 Å². The number of pyridine rings is 1. The Morgan fingerprint density at radius 3 is 2.60 bits per heavy atom. The van der Waals surface area contributed by atoms with E-state index < -0.39 is 0 Å². The molecule has 0 aromatic carbocycles. The van der Waals surface area contributed by atoms with Crippen molar-refractivity contribution >= 4 is 19.1 Å². The highest BCUT2D eigenvalue weighted by atomic mass is 14.8. The fourth-order valence-corrected chi connectivity index (χ4v) is 0.925. The molecule has 1 aromatic heterocycles. The van der Waals surface area contributed by atoms with E-state index >= 15 is 0 Å². The number of nitrogens with two attached hydrogens (primary N) is 1. The summed E-state index contributed by atoms with van der Waals surface area (Å²) in [5.74, 6) is 0.612. The Hall–Kier alpha value is -0.985. The summed E-state index contributed by atoms with van der Waals surface area (Å²) in [5.41, 5.74) is 8.99. The third-order valence-electron chi connectivity index (χ3n) is 1.80. The summed E-state index contributed by atoms with van der Waals surface area (Å²) in [6.07, 6.45) is 0. The Balaban J connectivity index is 3.31. The van der Waals surface area contributed by atoms with Crippen LogP contribution in [0, 0.1) is 13.8 Å². The molecule has 10 heavy (non-hydrogen) atoms. The Labute approximate surface area is 61.9 Å². The van der Waals surface area contributed by atoms with Crippen molar-refractivity contribution in [1.29, 1.82) is 0 Å². The lowest BCUT2D eigenvalue weighted by Crippen LogP contribution is -2.14. The van der Waals surface area contributed by atoms with Gasteiger partial charge in [-0.05, 0) is 19.9 Å². The number of rotatable bonds is 0. The Kier molecular flexibility index (Phi) is 1.66. The van der Waals surface area contributed by atoms with Gasteiger partial charge in [-0.15, -0.1) is 0 Å². The first-order chi connectivity index (χ1) is 4.61. The van der Waals surface area contributed by atoms with Crippen molar-refractivity contribution in [1.82, 2.24) is 4.98 Å². The van der Waals surface area contributed by atoms with E-state index in [4.69, 9.17) is 5.73 Å². The van der Waals surface area contributed by atoms with E-state index in [1.165, 1.54) is 11.0 Å². The Morgan fingerprint density at radius 2 is 2.10 bits per heavy atom. The highest BCUT2D eigenvalue weighted by Crippen LogP contribution is 2.00. The molecule has 0 aliphatic rings. The van der Waals surface area contributed by atoms with E-state index in [9.17, 15) is 0 Å². The van der Waals surface area contributed by atoms with Crippen LogP contribution >= 0.6 is 0 Å². The monoisotopic (exact) mass is 134 g/mol. The Morgan fingerprint density at radius 1 is 1.50 bits per heavy atom. The largest absolute Gasteiger partial charge is 0.384 e. The van der Waals surface area contributed by atoms with Crippen LogP contribution in [-0.2, 0) is 0 Å². The number of nitrogen functional groups attached to an aromatic ring is 1. The minimum atomic E-state index is 0.612. The van der Waals surface area contributed by atoms with Gasteiger partial charge in [-0.3, -0.25) is 0 Å². The van der Waals surface area contributed by atoms with E-state index in [-0.39, 0.29) is 0 Å². The number of anilines is 1. The van der Waals surface area contributed by atoms with Crippen LogP contribution in [0.15, 0.2) is 6.07 Å². The van der Waals surface area contributed by atoms with Gasteiger partial charge in [0.05, 0.1) is 0 Å². The van der Waals surface area contributed by atoms with Crippen LogP contribution in [-0.4, -0.2) is 12.8 Å². The lowest BCUT2D eigenvalue weighted by molar-refractivity contribution is 1.21. The predicted molar refractivity (Wildman–Crippen MR) is 46.3 cm³/mol. The van der Waals surface area contributed by atoms with E-state index in [1.54, 1.807) is 0 Å². The van der Waals surface area contributed by atoms with Gasteiger partial charge in [-0.25, -0.2) is 4.98 Å². The summed E-state index contributed by atoms with van der Waals surface area (Å²) >= 11 is 0. The fourth-order valence-electron chi connectivity index (χ4n) is 0.925. The van der Waals surface area contributed by atoms with Crippen LogP contribution in [0.2, 0.25) is 0 Å². The van der Waals surface area contributed by atoms with Crippen LogP contribution in [0.1, 0.15) is 11.3 Å². The molecule has 2 N–H and O–H groups in total. The second-order valence-corrected chi connectivity index (χ2v) is 2.57. The van der Waals surface area contributed by atoms with Crippen molar-refractivity contribution in [2.45, 2.75) is 13.8 Å². The summed E-state index contributed by atoms with van der Waals surface area (Å²) < 4.78 is 0. The molecule has 52 valence electrons. The first-order valence-corrected chi connectivity index (χ1v) is 3.31. The zero-order valence-corrected chi connectivity index (χ0v) is 6.60. The lowest BCUT2D eigenvalue weighted by Gasteiger charge is -2.03. The zero-order valence-electron chi connectivity index (χ0n) is 6.60. The number of hydrogen-bond donors (Lipinski definition) is 1. The normalized spacial score (nSPS) is 9.80. The van der Waals surface area contributed by atoms with Crippen molar-refractivity contribution in [3.05, 3.63) is 17.3 Å². The van der Waals surface area contributed by atoms with Crippen molar-refractivity contribution < 1.29 is 0 Å². The van der Waals surface area contributed by atoms with Crippen LogP contribution in [0.25, 0.3) is 0 Å². The first kappa shape index (κ1) is 7.13. The molecule has 1 aromatic rings. The van der Waals surface area contributed by atoms with E-state index in [0.29, 0.717) is 5.82 Å². The van der Waals surface area contributed by atoms with Crippen LogP contribution in [0.4, 0.5) is 5.82 Å². The van der Waals surface area contributed by atoms with Crippen LogP contribution in [0.5, 0.6) is 0 Å². The summed E-state index contributed by atoms with van der Waals surface area (Å²) in [6.45, 7) is 4.01. The molecule has 0 bridgehead atoms. The van der Waals surface area contributed by atoms with Crippen molar-refractivity contribution in [3.8, 4) is 0 Å². The van der Waals surface area contributed by atoms with E-state index in [0.717, 1.165) is 5.69 Å². The van der Waals surface area contributed by atoms with Gasteiger partial charge in [0.15, 0.2) is 0 Å². The molecular weight excluding hydrogens is 123 g/mol. The van der Waals surface area contributed by atoms with E-state index in [2.05, 4.69) is 12.8 Å². The number of nitrogens with zero attached hydrogens (tertiary/aromatic N) is 1. The van der Waals surface area contributed by atoms with Crippen LogP contribution < -0.4 is 11.2 Å². The molecule has 0 spiro atoms. The Bertz CT molecular complexity index is 235. The molecule has 0 unspecified atom stereocenters. The predicted octanol–water partition coefficient (Wildman–Crippen LogP) is -0.461. The molecule has 0 aliphatic heterocycles. The van der Waals surface area contributed by atoms with Gasteiger partial charge >= 0.3 is 0 Å². The van der Waals surface area contributed by atoms with Gasteiger partial charge < -0.3 is 5.73 Å². The SMILES string of the molecule is Bc1c(C)cc(N)nc1C. The van der Waals surface area contributed by atoms with Crippen LogP contribution in [0.3, 0.4) is 0 Å². The number of aromatic nitrogens is 1. The minimum Gasteiger partial charge on any atom is -0.384 e. The molecular formula is C7H11BN2. The summed E-state index contributed by atoms with van der Waals surface area (Å²) in [6, 6.07) is 1.89. The molecule has 0 fully saturated rings. The smallest absolute Gasteiger partial charge is 0.142 e. The molecule has 1 rings (SSSR count). The molecule has 2 nitrogen and oxygen atoms in total. The number of aryl methyl sites for hydroxylation is 2. The average Bonchev–Trinajstić information content (AvgIpc) is 1.82. The maximum atomic E-state index is 5.52. The van der Waals surface area contributed by atoms with Crippen molar-refractivity contribution in [2.75, 3.05) is 5.73 Å². The highest BCUT2D eigenvalue weighted by molar-refractivity contribution is 6.34. The fraction of sp³-hybridized carbons (Fsp3) is 0.286. The van der Waals surface area contributed by atoms with Gasteiger partial charge in [-0.2, -0.15) is 0 Å². The van der Waals surface area contributed by atoms with Gasteiger partial charge in [0, 0.05) is 5.69 Å². The van der Waals surface area contributed by atoms with Gasteiger partial charge in [0.25, 0.3) is 0 Å². The quantitative estimate of drug-likeness (QED) is 0.487. The van der Waals surface area contributed by atoms with Crippen molar-refractivity contribution in [2.24, 2.45) is 0 Å². The molecule has 0 saturated heterocycles. The molecule has 0 amide bonds. The maximum Gasteiger partial charge on any atom is 0.142 e. The average molecular weight is 134 g/mol. The molecule has 0 radical (unpaired) electrons. The lowest BCUT2D eigenvalue weighted by atomic mass is 9.90. The summed E-state index contributed by atoms with van der Waals surface area (Å²) in [4.78, 5) is 4.11. The molecule has 3 heteroatoms. The second-order valence-electron chi connectivity index (χ2n) is 2.57. The molecule has 1 heterocycles. The standard InChI is InChI=1S/C7H11BN2/c1-4-3-6(9)10-5(2)7(4)8/h3H,8H2,1-2H3,(H2,9,10). The number of hydrogen-bond acceptors (Lipinski definition) is 2. The second kappa shape index (κ2) is 2.33. The van der Waals surface area contributed by atoms with E-state index in [1.807, 2.05) is 19.9 Å². The van der Waals surface area contributed by atoms with Gasteiger partial charge in [0.2, 0.25) is 0 Å². The summed E-state index contributed by atoms with van der Waals surface area (Å²) in [5, 5.41) is 0. The molecule has 0 atom stereocenters. The minimum absolute atomic E-state index is 0.612. The van der Waals surface area contributed by atoms with Gasteiger partial charge in [-0.1, -0.05) is 11.0 Å². The first-order valence-electron chi connectivity index (χ1n) is 3.31.